The Balaban J connectivity index is 1.49. The molecule has 2 atom stereocenters. The van der Waals surface area contributed by atoms with Crippen molar-refractivity contribution in [3.05, 3.63) is 150 Å². The number of anilines is 2. The van der Waals surface area contributed by atoms with E-state index in [1.807, 2.05) is 60.7 Å². The summed E-state index contributed by atoms with van der Waals surface area (Å²) in [5, 5.41) is 11.6. The van der Waals surface area contributed by atoms with Crippen molar-refractivity contribution in [2.45, 2.75) is 12.0 Å². The van der Waals surface area contributed by atoms with Gasteiger partial charge in [-0.1, -0.05) is 97.1 Å². The van der Waals surface area contributed by atoms with Crippen molar-refractivity contribution in [1.29, 1.82) is 5.26 Å². The Morgan fingerprint density at radius 2 is 1.46 bits per heavy atom. The quantitative estimate of drug-likeness (QED) is 0.229. The second-order valence-corrected chi connectivity index (χ2v) is 10.5. The molecule has 4 heteroatoms. The zero-order valence-corrected chi connectivity index (χ0v) is 22.1. The maximum atomic E-state index is 15.5. The fourth-order valence-electron chi connectivity index (χ4n) is 6.79. The van der Waals surface area contributed by atoms with Gasteiger partial charge in [-0.3, -0.25) is 0 Å². The number of hydrogen-bond acceptors (Lipinski definition) is 2. The largest absolute Gasteiger partial charge is 0.332 e. The summed E-state index contributed by atoms with van der Waals surface area (Å²) < 4.78 is 17.7. The first-order valence-electron chi connectivity index (χ1n) is 13.8. The Hall–Kier alpha value is -5.40. The van der Waals surface area contributed by atoms with Crippen LogP contribution in [0.1, 0.15) is 17.0 Å². The van der Waals surface area contributed by atoms with E-state index in [9.17, 15) is 5.26 Å². The van der Waals surface area contributed by atoms with Crippen molar-refractivity contribution in [2.75, 3.05) is 4.90 Å². The van der Waals surface area contributed by atoms with Crippen LogP contribution in [0.3, 0.4) is 0 Å². The van der Waals surface area contributed by atoms with Crippen LogP contribution in [-0.2, 0) is 0 Å². The van der Waals surface area contributed by atoms with Crippen LogP contribution in [0, 0.1) is 17.1 Å². The Morgan fingerprint density at radius 3 is 2.34 bits per heavy atom. The molecule has 0 spiro atoms. The number of nitrogens with zero attached hydrogens (tertiary/aromatic N) is 3. The van der Waals surface area contributed by atoms with Crippen LogP contribution in [-0.4, -0.2) is 10.6 Å². The number of halogens is 1. The summed E-state index contributed by atoms with van der Waals surface area (Å²) in [6, 6.07) is 38.4. The van der Waals surface area contributed by atoms with Crippen LogP contribution in [0.4, 0.5) is 15.8 Å². The van der Waals surface area contributed by atoms with E-state index in [-0.39, 0.29) is 17.8 Å². The summed E-state index contributed by atoms with van der Waals surface area (Å²) in [4.78, 5) is 2.32. The minimum atomic E-state index is -0.233. The molecule has 2 heterocycles. The molecule has 0 N–H and O–H groups in total. The average Bonchev–Trinajstić information content (AvgIpc) is 3.55. The lowest BCUT2D eigenvalue weighted by atomic mass is 9.90. The molecular formula is C37H24FN3. The standard InChI is InChI=1S/C37H24FN3/c38-31-19-10-22-34-35(31)30-18-9-17-29(37(30)40(34)25-12-2-1-3-13-25)28-16-8-15-27-26-14-5-7-21-33(26)41(36(27)28)32-20-6-4-11-24(32)23-39/h1-22,26,33H. The highest BCUT2D eigenvalue weighted by Gasteiger charge is 2.40. The molecule has 194 valence electrons. The fourth-order valence-corrected chi connectivity index (χ4v) is 6.79. The summed E-state index contributed by atoms with van der Waals surface area (Å²) in [6.07, 6.45) is 8.66. The van der Waals surface area contributed by atoms with Gasteiger partial charge in [0.15, 0.2) is 0 Å². The summed E-state index contributed by atoms with van der Waals surface area (Å²) >= 11 is 0. The van der Waals surface area contributed by atoms with Crippen LogP contribution < -0.4 is 4.90 Å². The van der Waals surface area contributed by atoms with Crippen LogP contribution in [0.2, 0.25) is 0 Å². The highest BCUT2D eigenvalue weighted by Crippen LogP contribution is 2.53. The number of fused-ring (bicyclic) bond motifs is 6. The summed E-state index contributed by atoms with van der Waals surface area (Å²) in [5.74, 6) is -0.0817. The van der Waals surface area contributed by atoms with E-state index in [1.165, 1.54) is 11.6 Å². The summed E-state index contributed by atoms with van der Waals surface area (Å²) in [7, 11) is 0. The normalized spacial score (nSPS) is 17.1. The Bertz CT molecular complexity index is 2090. The molecular weight excluding hydrogens is 505 g/mol. The second kappa shape index (κ2) is 9.08. The first-order chi connectivity index (χ1) is 20.3. The highest BCUT2D eigenvalue weighted by molar-refractivity contribution is 6.15. The lowest BCUT2D eigenvalue weighted by molar-refractivity contribution is 0.640. The van der Waals surface area contributed by atoms with E-state index >= 15 is 4.39 Å². The Kier molecular flexibility index (Phi) is 5.20. The summed E-state index contributed by atoms with van der Waals surface area (Å²) in [5.41, 5.74) is 8.66. The molecule has 0 bridgehead atoms. The third-order valence-electron chi connectivity index (χ3n) is 8.42. The van der Waals surface area contributed by atoms with Gasteiger partial charge in [0.2, 0.25) is 0 Å². The van der Waals surface area contributed by atoms with E-state index in [4.69, 9.17) is 0 Å². The van der Waals surface area contributed by atoms with Crippen molar-refractivity contribution in [3.63, 3.8) is 0 Å². The van der Waals surface area contributed by atoms with Gasteiger partial charge in [0.05, 0.1) is 34.0 Å². The average molecular weight is 530 g/mol. The SMILES string of the molecule is N#Cc1ccccc1N1c2c(-c3cccc4c5c(F)cccc5n(-c5ccccc5)c34)cccc2C2C=CC=CC21. The zero-order valence-electron chi connectivity index (χ0n) is 22.1. The van der Waals surface area contributed by atoms with Crippen LogP contribution in [0.25, 0.3) is 38.6 Å². The number of aromatic nitrogens is 1. The zero-order chi connectivity index (χ0) is 27.5. The first-order valence-corrected chi connectivity index (χ1v) is 13.8. The lowest BCUT2D eigenvalue weighted by Gasteiger charge is -2.30. The van der Waals surface area contributed by atoms with Crippen molar-refractivity contribution in [3.8, 4) is 22.9 Å². The van der Waals surface area contributed by atoms with Crippen molar-refractivity contribution in [1.82, 2.24) is 4.57 Å². The van der Waals surface area contributed by atoms with Gasteiger partial charge >= 0.3 is 0 Å². The lowest BCUT2D eigenvalue weighted by Crippen LogP contribution is -2.29. The second-order valence-electron chi connectivity index (χ2n) is 10.5. The van der Waals surface area contributed by atoms with Crippen LogP contribution in [0.5, 0.6) is 0 Å². The number of para-hydroxylation sites is 4. The number of benzene rings is 5. The van der Waals surface area contributed by atoms with Gasteiger partial charge in [0, 0.05) is 33.5 Å². The number of allylic oxidation sites excluding steroid dienone is 2. The van der Waals surface area contributed by atoms with E-state index in [0.717, 1.165) is 44.6 Å². The van der Waals surface area contributed by atoms with Crippen molar-refractivity contribution in [2.24, 2.45) is 0 Å². The van der Waals surface area contributed by atoms with Gasteiger partial charge in [0.25, 0.3) is 0 Å². The van der Waals surface area contributed by atoms with Gasteiger partial charge in [-0.15, -0.1) is 0 Å². The molecule has 0 fully saturated rings. The highest BCUT2D eigenvalue weighted by atomic mass is 19.1. The van der Waals surface area contributed by atoms with E-state index in [0.29, 0.717) is 10.9 Å². The monoisotopic (exact) mass is 529 g/mol. The molecule has 0 saturated carbocycles. The molecule has 41 heavy (non-hydrogen) atoms. The smallest absolute Gasteiger partial charge is 0.133 e. The Morgan fingerprint density at radius 1 is 0.707 bits per heavy atom. The maximum absolute atomic E-state index is 15.5. The van der Waals surface area contributed by atoms with Gasteiger partial charge < -0.3 is 9.47 Å². The molecule has 0 radical (unpaired) electrons. The summed E-state index contributed by atoms with van der Waals surface area (Å²) in [6.45, 7) is 0. The van der Waals surface area contributed by atoms with Gasteiger partial charge in [-0.05, 0) is 42.0 Å². The maximum Gasteiger partial charge on any atom is 0.133 e. The minimum Gasteiger partial charge on any atom is -0.332 e. The topological polar surface area (TPSA) is 32.0 Å². The molecule has 2 aliphatic rings. The van der Waals surface area contributed by atoms with Crippen LogP contribution in [0.15, 0.2) is 133 Å². The fraction of sp³-hybridized carbons (Fsp3) is 0.0541. The van der Waals surface area contributed by atoms with Gasteiger partial charge in [0.1, 0.15) is 11.9 Å². The third kappa shape index (κ3) is 3.36. The van der Waals surface area contributed by atoms with Crippen molar-refractivity contribution < 1.29 is 4.39 Å². The first kappa shape index (κ1) is 23.5. The molecule has 1 aliphatic carbocycles. The predicted octanol–water partition coefficient (Wildman–Crippen LogP) is 9.19. The van der Waals surface area contributed by atoms with E-state index in [2.05, 4.69) is 76.2 Å². The molecule has 6 aromatic rings. The molecule has 2 unspecified atom stereocenters. The van der Waals surface area contributed by atoms with E-state index in [1.54, 1.807) is 6.07 Å². The molecule has 8 rings (SSSR count). The van der Waals surface area contributed by atoms with E-state index < -0.39 is 0 Å². The predicted molar refractivity (Wildman–Crippen MR) is 164 cm³/mol. The molecule has 1 aromatic heterocycles. The van der Waals surface area contributed by atoms with Gasteiger partial charge in [-0.25, -0.2) is 4.39 Å². The van der Waals surface area contributed by atoms with Gasteiger partial charge in [-0.2, -0.15) is 5.26 Å². The molecule has 5 aromatic carbocycles. The molecule has 3 nitrogen and oxygen atoms in total. The minimum absolute atomic E-state index is 0.0438. The molecule has 1 aliphatic heterocycles. The Labute approximate surface area is 237 Å². The van der Waals surface area contributed by atoms with Crippen molar-refractivity contribution >= 4 is 33.2 Å². The molecule has 0 saturated heterocycles. The number of nitriles is 1. The molecule has 0 amide bonds. The van der Waals surface area contributed by atoms with Crippen LogP contribution >= 0.6 is 0 Å². The third-order valence-corrected chi connectivity index (χ3v) is 8.42. The number of hydrogen-bond donors (Lipinski definition) is 0. The number of rotatable bonds is 3.